The Bertz CT molecular complexity index is 329. The molecule has 0 radical (unpaired) electrons. The summed E-state index contributed by atoms with van der Waals surface area (Å²) in [6.45, 7) is 5.54. The molecule has 0 aromatic rings. The van der Waals surface area contributed by atoms with Crippen molar-refractivity contribution in [2.75, 3.05) is 6.61 Å². The Balaban J connectivity index is 1.69. The topological polar surface area (TPSA) is 29.5 Å². The van der Waals surface area contributed by atoms with E-state index in [-0.39, 0.29) is 5.60 Å². The van der Waals surface area contributed by atoms with E-state index in [1.54, 1.807) is 0 Å². The highest BCUT2D eigenvalue weighted by molar-refractivity contribution is 4.99. The van der Waals surface area contributed by atoms with Gasteiger partial charge in [0.1, 0.15) is 0 Å². The third kappa shape index (κ3) is 2.78. The van der Waals surface area contributed by atoms with Crippen LogP contribution in [0.25, 0.3) is 0 Å². The van der Waals surface area contributed by atoms with Gasteiger partial charge < -0.3 is 9.84 Å². The van der Waals surface area contributed by atoms with Gasteiger partial charge in [0.15, 0.2) is 0 Å². The molecule has 20 heavy (non-hydrogen) atoms. The summed E-state index contributed by atoms with van der Waals surface area (Å²) >= 11 is 0. The second-order valence-electron chi connectivity index (χ2n) is 8.08. The molecule has 1 aliphatic heterocycles. The van der Waals surface area contributed by atoms with E-state index >= 15 is 0 Å². The van der Waals surface area contributed by atoms with Gasteiger partial charge in [-0.25, -0.2) is 0 Å². The molecule has 2 heteroatoms. The van der Waals surface area contributed by atoms with Crippen molar-refractivity contribution in [3.05, 3.63) is 0 Å². The lowest BCUT2D eigenvalue weighted by Gasteiger charge is -2.51. The fraction of sp³-hybridized carbons (Fsp3) is 1.00. The maximum Gasteiger partial charge on any atom is 0.0686 e. The maximum atomic E-state index is 11.2. The van der Waals surface area contributed by atoms with Crippen LogP contribution in [-0.2, 0) is 4.74 Å². The second kappa shape index (κ2) is 5.61. The summed E-state index contributed by atoms with van der Waals surface area (Å²) in [6, 6.07) is 0. The highest BCUT2D eigenvalue weighted by atomic mass is 16.5. The van der Waals surface area contributed by atoms with Crippen molar-refractivity contribution in [2.45, 2.75) is 89.3 Å². The van der Waals surface area contributed by atoms with Crippen molar-refractivity contribution in [2.24, 2.45) is 17.8 Å². The molecule has 1 saturated heterocycles. The molecule has 0 amide bonds. The largest absolute Gasteiger partial charge is 0.390 e. The average Bonchev–Trinajstić information content (AvgIpc) is 2.44. The third-order valence-corrected chi connectivity index (χ3v) is 6.70. The molecule has 4 unspecified atom stereocenters. The van der Waals surface area contributed by atoms with E-state index in [0.717, 1.165) is 38.2 Å². The Morgan fingerprint density at radius 3 is 2.35 bits per heavy atom. The number of aliphatic hydroxyl groups is 1. The van der Waals surface area contributed by atoms with Crippen LogP contribution in [-0.4, -0.2) is 22.9 Å². The summed E-state index contributed by atoms with van der Waals surface area (Å²) in [4.78, 5) is 0. The molecule has 0 aromatic carbocycles. The van der Waals surface area contributed by atoms with Crippen molar-refractivity contribution < 1.29 is 9.84 Å². The van der Waals surface area contributed by atoms with E-state index in [0.29, 0.717) is 11.8 Å². The SMILES string of the molecule is CC1CCC(O)(C2CCOC3(CCCCC3)C2)CC1C. The van der Waals surface area contributed by atoms with Gasteiger partial charge in [-0.2, -0.15) is 0 Å². The highest BCUT2D eigenvalue weighted by Gasteiger charge is 2.48. The number of rotatable bonds is 1. The summed E-state index contributed by atoms with van der Waals surface area (Å²) in [5.41, 5.74) is -0.274. The Morgan fingerprint density at radius 1 is 0.900 bits per heavy atom. The van der Waals surface area contributed by atoms with Crippen molar-refractivity contribution in [1.29, 1.82) is 0 Å². The Labute approximate surface area is 124 Å². The predicted molar refractivity (Wildman–Crippen MR) is 81.6 cm³/mol. The predicted octanol–water partition coefficient (Wildman–Crippen LogP) is 4.30. The zero-order valence-electron chi connectivity index (χ0n) is 13.4. The van der Waals surface area contributed by atoms with Crippen LogP contribution < -0.4 is 0 Å². The fourth-order valence-electron chi connectivity index (χ4n) is 5.02. The molecule has 116 valence electrons. The smallest absolute Gasteiger partial charge is 0.0686 e. The first-order chi connectivity index (χ1) is 9.53. The first-order valence-corrected chi connectivity index (χ1v) is 8.89. The lowest BCUT2D eigenvalue weighted by molar-refractivity contribution is -0.169. The second-order valence-corrected chi connectivity index (χ2v) is 8.08. The summed E-state index contributed by atoms with van der Waals surface area (Å²) in [5, 5.41) is 11.2. The van der Waals surface area contributed by atoms with Crippen LogP contribution >= 0.6 is 0 Å². The summed E-state index contributed by atoms with van der Waals surface area (Å²) in [7, 11) is 0. The van der Waals surface area contributed by atoms with Crippen LogP contribution in [0.15, 0.2) is 0 Å². The number of hydrogen-bond donors (Lipinski definition) is 1. The van der Waals surface area contributed by atoms with E-state index in [9.17, 15) is 5.11 Å². The van der Waals surface area contributed by atoms with Crippen LogP contribution in [0.2, 0.25) is 0 Å². The van der Waals surface area contributed by atoms with Crippen molar-refractivity contribution in [3.63, 3.8) is 0 Å². The lowest BCUT2D eigenvalue weighted by atomic mass is 9.63. The zero-order valence-corrected chi connectivity index (χ0v) is 13.4. The molecule has 3 aliphatic rings. The number of hydrogen-bond acceptors (Lipinski definition) is 2. The molecule has 3 rings (SSSR count). The minimum absolute atomic E-state index is 0.128. The summed E-state index contributed by atoms with van der Waals surface area (Å²) in [6.07, 6.45) is 11.9. The van der Waals surface area contributed by atoms with Gasteiger partial charge in [0.2, 0.25) is 0 Å². The van der Waals surface area contributed by atoms with Gasteiger partial charge >= 0.3 is 0 Å². The van der Waals surface area contributed by atoms with Crippen molar-refractivity contribution in [3.8, 4) is 0 Å². The van der Waals surface area contributed by atoms with Gasteiger partial charge in [-0.1, -0.05) is 33.1 Å². The Morgan fingerprint density at radius 2 is 1.65 bits per heavy atom. The Kier molecular flexibility index (Phi) is 4.16. The standard InChI is InChI=1S/C18H32O2/c1-14-6-10-18(19,12-15(14)2)16-7-11-20-17(13-16)8-4-3-5-9-17/h14-16,19H,3-13H2,1-2H3. The van der Waals surface area contributed by atoms with Gasteiger partial charge in [-0.3, -0.25) is 0 Å². The van der Waals surface area contributed by atoms with Gasteiger partial charge in [0.25, 0.3) is 0 Å². The van der Waals surface area contributed by atoms with Gasteiger partial charge in [0, 0.05) is 6.61 Å². The molecule has 2 saturated carbocycles. The molecule has 1 N–H and O–H groups in total. The third-order valence-electron chi connectivity index (χ3n) is 6.70. The Hall–Kier alpha value is -0.0800. The first kappa shape index (κ1) is 14.8. The molecule has 1 heterocycles. The number of ether oxygens (including phenoxy) is 1. The molecule has 2 nitrogen and oxygen atoms in total. The molecular weight excluding hydrogens is 248 g/mol. The average molecular weight is 280 g/mol. The van der Waals surface area contributed by atoms with Crippen LogP contribution in [0.5, 0.6) is 0 Å². The highest BCUT2D eigenvalue weighted by Crippen LogP contribution is 2.49. The summed E-state index contributed by atoms with van der Waals surface area (Å²) < 4.78 is 6.21. The minimum Gasteiger partial charge on any atom is -0.390 e. The first-order valence-electron chi connectivity index (χ1n) is 8.89. The van der Waals surface area contributed by atoms with Crippen LogP contribution in [0, 0.1) is 17.8 Å². The maximum absolute atomic E-state index is 11.2. The van der Waals surface area contributed by atoms with E-state index in [2.05, 4.69) is 13.8 Å². The molecular formula is C18H32O2. The van der Waals surface area contributed by atoms with E-state index < -0.39 is 5.60 Å². The van der Waals surface area contributed by atoms with Crippen molar-refractivity contribution >= 4 is 0 Å². The molecule has 3 fully saturated rings. The molecule has 1 spiro atoms. The zero-order chi connectivity index (χ0) is 14.2. The quantitative estimate of drug-likeness (QED) is 0.776. The monoisotopic (exact) mass is 280 g/mol. The van der Waals surface area contributed by atoms with E-state index in [1.165, 1.54) is 38.5 Å². The van der Waals surface area contributed by atoms with E-state index in [4.69, 9.17) is 4.74 Å². The molecule has 0 bridgehead atoms. The van der Waals surface area contributed by atoms with E-state index in [1.807, 2.05) is 0 Å². The lowest BCUT2D eigenvalue weighted by Crippen LogP contribution is -2.51. The summed E-state index contributed by atoms with van der Waals surface area (Å²) in [5.74, 6) is 1.92. The fourth-order valence-corrected chi connectivity index (χ4v) is 5.02. The van der Waals surface area contributed by atoms with Gasteiger partial charge in [0.05, 0.1) is 11.2 Å². The van der Waals surface area contributed by atoms with Crippen molar-refractivity contribution in [1.82, 2.24) is 0 Å². The van der Waals surface area contributed by atoms with Gasteiger partial charge in [-0.05, 0) is 62.7 Å². The molecule has 4 atom stereocenters. The molecule has 0 aromatic heterocycles. The van der Waals surface area contributed by atoms with Crippen LogP contribution in [0.1, 0.15) is 78.1 Å². The normalized spacial score (nSPS) is 45.5. The minimum atomic E-state index is -0.403. The molecule has 2 aliphatic carbocycles. The van der Waals surface area contributed by atoms with Crippen LogP contribution in [0.4, 0.5) is 0 Å². The van der Waals surface area contributed by atoms with Gasteiger partial charge in [-0.15, -0.1) is 0 Å². The van der Waals surface area contributed by atoms with Crippen LogP contribution in [0.3, 0.4) is 0 Å².